The Kier molecular flexibility index (Phi) is 5.42. The normalized spacial score (nSPS) is 17.0. The molecule has 1 fully saturated rings. The highest BCUT2D eigenvalue weighted by Crippen LogP contribution is 2.23. The van der Waals surface area contributed by atoms with Crippen LogP contribution in [-0.2, 0) is 20.6 Å². The summed E-state index contributed by atoms with van der Waals surface area (Å²) in [5.41, 5.74) is 0.626. The first-order valence-electron chi connectivity index (χ1n) is 9.44. The Hall–Kier alpha value is -2.29. The van der Waals surface area contributed by atoms with Crippen LogP contribution in [0.3, 0.4) is 0 Å². The zero-order valence-corrected chi connectivity index (χ0v) is 17.7. The predicted molar refractivity (Wildman–Crippen MR) is 115 cm³/mol. The monoisotopic (exact) mass is 436 g/mol. The largest absolute Gasteiger partial charge is 0.352 e. The Balaban J connectivity index is 1.78. The smallest absolute Gasteiger partial charge is 0.332 e. The maximum absolute atomic E-state index is 13.2. The van der Waals surface area contributed by atoms with Crippen molar-refractivity contribution in [2.75, 3.05) is 18.4 Å². The number of aromatic nitrogens is 4. The van der Waals surface area contributed by atoms with Crippen molar-refractivity contribution in [3.05, 3.63) is 54.6 Å². The van der Waals surface area contributed by atoms with Gasteiger partial charge < -0.3 is 15.2 Å². The van der Waals surface area contributed by atoms with E-state index in [-0.39, 0.29) is 18.1 Å². The van der Waals surface area contributed by atoms with E-state index in [9.17, 15) is 9.59 Å². The van der Waals surface area contributed by atoms with Crippen LogP contribution in [0.15, 0.2) is 27.8 Å². The van der Waals surface area contributed by atoms with Gasteiger partial charge in [0.15, 0.2) is 11.2 Å². The third-order valence-electron chi connectivity index (χ3n) is 5.31. The molecule has 10 heteroatoms. The van der Waals surface area contributed by atoms with Gasteiger partial charge in [0.1, 0.15) is 0 Å². The Morgan fingerprint density at radius 1 is 1.21 bits per heavy atom. The summed E-state index contributed by atoms with van der Waals surface area (Å²) in [5, 5.41) is 7.53. The van der Waals surface area contributed by atoms with Crippen molar-refractivity contribution in [2.45, 2.75) is 25.4 Å². The summed E-state index contributed by atoms with van der Waals surface area (Å²) in [6.45, 7) is 1.94. The van der Waals surface area contributed by atoms with Crippen LogP contribution < -0.4 is 21.9 Å². The van der Waals surface area contributed by atoms with Gasteiger partial charge in [0, 0.05) is 26.7 Å². The molecule has 0 bridgehead atoms. The maximum Gasteiger partial charge on any atom is 0.332 e. The highest BCUT2D eigenvalue weighted by Gasteiger charge is 2.21. The molecule has 29 heavy (non-hydrogen) atoms. The van der Waals surface area contributed by atoms with E-state index in [2.05, 4.69) is 15.6 Å². The van der Waals surface area contributed by atoms with Crippen LogP contribution in [-0.4, -0.2) is 37.8 Å². The van der Waals surface area contributed by atoms with Crippen LogP contribution in [0.2, 0.25) is 10.0 Å². The number of benzene rings is 1. The van der Waals surface area contributed by atoms with Gasteiger partial charge in [0.25, 0.3) is 5.56 Å². The minimum Gasteiger partial charge on any atom is -0.352 e. The molecule has 0 radical (unpaired) electrons. The summed E-state index contributed by atoms with van der Waals surface area (Å²) >= 11 is 12.0. The van der Waals surface area contributed by atoms with E-state index in [0.29, 0.717) is 32.7 Å². The molecule has 0 amide bonds. The number of nitrogens with one attached hydrogen (secondary N) is 2. The average Bonchev–Trinajstić information content (AvgIpc) is 3.03. The maximum atomic E-state index is 13.2. The number of piperidine rings is 1. The molecule has 154 valence electrons. The number of hydrogen-bond donors (Lipinski definition) is 2. The molecule has 1 aliphatic heterocycles. The van der Waals surface area contributed by atoms with Gasteiger partial charge in [-0.25, -0.2) is 4.79 Å². The van der Waals surface area contributed by atoms with Crippen LogP contribution in [0.4, 0.5) is 5.95 Å². The molecule has 2 N–H and O–H groups in total. The molecule has 1 saturated heterocycles. The molecule has 4 rings (SSSR count). The van der Waals surface area contributed by atoms with Gasteiger partial charge in [-0.2, -0.15) is 4.98 Å². The van der Waals surface area contributed by atoms with Crippen LogP contribution >= 0.6 is 23.2 Å². The molecule has 3 heterocycles. The van der Waals surface area contributed by atoms with E-state index in [1.807, 2.05) is 0 Å². The molecule has 8 nitrogen and oxygen atoms in total. The van der Waals surface area contributed by atoms with Gasteiger partial charge in [0.2, 0.25) is 5.95 Å². The Morgan fingerprint density at radius 2 is 2.00 bits per heavy atom. The standard InChI is InChI=1S/C19H22Cl2N6O2/c1-25-15-16(24-18(25)23-12-4-3-7-22-9-12)26(2)19(29)27(17(15)28)10-11-5-6-13(20)14(21)8-11/h5-6,8,12,22H,3-4,7,9-10H2,1-2H3,(H,23,24)/t12-/m1/s1. The van der Waals surface area contributed by atoms with Crippen molar-refractivity contribution in [2.24, 2.45) is 14.1 Å². The fraction of sp³-hybridized carbons (Fsp3) is 0.421. The van der Waals surface area contributed by atoms with Crippen molar-refractivity contribution < 1.29 is 0 Å². The van der Waals surface area contributed by atoms with Crippen molar-refractivity contribution >= 4 is 40.3 Å². The number of nitrogens with zero attached hydrogens (tertiary/aromatic N) is 4. The second-order valence-electron chi connectivity index (χ2n) is 7.34. The fourth-order valence-corrected chi connectivity index (χ4v) is 4.01. The van der Waals surface area contributed by atoms with Gasteiger partial charge in [-0.15, -0.1) is 0 Å². The number of imidazole rings is 1. The van der Waals surface area contributed by atoms with Crippen LogP contribution in [0, 0.1) is 0 Å². The highest BCUT2D eigenvalue weighted by atomic mass is 35.5. The first kappa shape index (κ1) is 20.0. The third kappa shape index (κ3) is 3.68. The Morgan fingerprint density at radius 3 is 2.69 bits per heavy atom. The number of hydrogen-bond acceptors (Lipinski definition) is 5. The van der Waals surface area contributed by atoms with E-state index in [0.717, 1.165) is 25.9 Å². The number of fused-ring (bicyclic) bond motifs is 1. The number of halogens is 2. The number of aryl methyl sites for hydroxylation is 2. The Labute approximate surface area is 177 Å². The highest BCUT2D eigenvalue weighted by molar-refractivity contribution is 6.42. The fourth-order valence-electron chi connectivity index (χ4n) is 3.69. The first-order chi connectivity index (χ1) is 13.9. The first-order valence-corrected chi connectivity index (χ1v) is 10.2. The quantitative estimate of drug-likeness (QED) is 0.652. The molecule has 1 atom stereocenters. The number of rotatable bonds is 4. The van der Waals surface area contributed by atoms with E-state index in [1.165, 1.54) is 9.13 Å². The van der Waals surface area contributed by atoms with Crippen LogP contribution in [0.25, 0.3) is 11.2 Å². The molecule has 3 aromatic rings. The SMILES string of the molecule is Cn1c(N[C@@H]2CCCNC2)nc2c1c(=O)n(Cc1ccc(Cl)c(Cl)c1)c(=O)n2C. The van der Waals surface area contributed by atoms with E-state index < -0.39 is 5.69 Å². The van der Waals surface area contributed by atoms with Crippen molar-refractivity contribution in [1.82, 2.24) is 24.0 Å². The molecule has 0 aliphatic carbocycles. The second kappa shape index (κ2) is 7.85. The van der Waals surface area contributed by atoms with Crippen LogP contribution in [0.1, 0.15) is 18.4 Å². The zero-order chi connectivity index (χ0) is 20.7. The summed E-state index contributed by atoms with van der Waals surface area (Å²) in [4.78, 5) is 30.6. The summed E-state index contributed by atoms with van der Waals surface area (Å²) in [6, 6.07) is 5.29. The summed E-state index contributed by atoms with van der Waals surface area (Å²) < 4.78 is 4.31. The lowest BCUT2D eigenvalue weighted by molar-refractivity contribution is 0.477. The molecular weight excluding hydrogens is 415 g/mol. The molecule has 0 unspecified atom stereocenters. The molecule has 1 aliphatic rings. The van der Waals surface area contributed by atoms with E-state index >= 15 is 0 Å². The Bertz CT molecular complexity index is 1190. The summed E-state index contributed by atoms with van der Waals surface area (Å²) in [7, 11) is 3.40. The predicted octanol–water partition coefficient (Wildman–Crippen LogP) is 1.95. The van der Waals surface area contributed by atoms with Crippen molar-refractivity contribution in [1.29, 1.82) is 0 Å². The molecular formula is C19H22Cl2N6O2. The van der Waals surface area contributed by atoms with Gasteiger partial charge in [0.05, 0.1) is 16.6 Å². The van der Waals surface area contributed by atoms with E-state index in [4.69, 9.17) is 23.2 Å². The molecule has 2 aromatic heterocycles. The summed E-state index contributed by atoms with van der Waals surface area (Å²) in [6.07, 6.45) is 2.10. The van der Waals surface area contributed by atoms with Gasteiger partial charge in [-0.3, -0.25) is 13.9 Å². The lowest BCUT2D eigenvalue weighted by Crippen LogP contribution is -2.40. The molecule has 0 spiro atoms. The summed E-state index contributed by atoms with van der Waals surface area (Å²) in [5.74, 6) is 0.577. The van der Waals surface area contributed by atoms with Crippen molar-refractivity contribution in [3.8, 4) is 0 Å². The average molecular weight is 437 g/mol. The minimum absolute atomic E-state index is 0.0961. The van der Waals surface area contributed by atoms with Gasteiger partial charge >= 0.3 is 5.69 Å². The lowest BCUT2D eigenvalue weighted by Gasteiger charge is -2.24. The topological polar surface area (TPSA) is 85.9 Å². The lowest BCUT2D eigenvalue weighted by atomic mass is 10.1. The minimum atomic E-state index is -0.433. The van der Waals surface area contributed by atoms with Crippen molar-refractivity contribution in [3.63, 3.8) is 0 Å². The van der Waals surface area contributed by atoms with Gasteiger partial charge in [-0.1, -0.05) is 29.3 Å². The van der Waals surface area contributed by atoms with Crippen LogP contribution in [0.5, 0.6) is 0 Å². The molecule has 1 aromatic carbocycles. The number of anilines is 1. The molecule has 0 saturated carbocycles. The third-order valence-corrected chi connectivity index (χ3v) is 6.05. The van der Waals surface area contributed by atoms with Gasteiger partial charge in [-0.05, 0) is 37.1 Å². The second-order valence-corrected chi connectivity index (χ2v) is 8.15. The van der Waals surface area contributed by atoms with E-state index in [1.54, 1.807) is 36.9 Å². The zero-order valence-electron chi connectivity index (χ0n) is 16.2.